The summed E-state index contributed by atoms with van der Waals surface area (Å²) in [6, 6.07) is 0. The average Bonchev–Trinajstić information content (AvgIpc) is 2.13. The number of ether oxygens (including phenoxy) is 1. The van der Waals surface area contributed by atoms with Crippen LogP contribution in [0, 0.1) is 11.3 Å². The van der Waals surface area contributed by atoms with Gasteiger partial charge in [-0.3, -0.25) is 0 Å². The third-order valence-corrected chi connectivity index (χ3v) is 3.08. The highest BCUT2D eigenvalue weighted by molar-refractivity contribution is 5.87. The van der Waals surface area contributed by atoms with Crippen molar-refractivity contribution in [2.24, 2.45) is 11.3 Å². The van der Waals surface area contributed by atoms with Gasteiger partial charge in [0.2, 0.25) is 0 Å². The maximum Gasteiger partial charge on any atom is 0.333 e. The molecule has 2 unspecified atom stereocenters. The van der Waals surface area contributed by atoms with Gasteiger partial charge in [0.05, 0.1) is 0 Å². The van der Waals surface area contributed by atoms with E-state index in [9.17, 15) is 4.79 Å². The summed E-state index contributed by atoms with van der Waals surface area (Å²) in [6.07, 6.45) is 0.580. The molecule has 0 aliphatic carbocycles. The lowest BCUT2D eigenvalue weighted by Gasteiger charge is -2.32. The molecule has 0 radical (unpaired) electrons. The fourth-order valence-corrected chi connectivity index (χ4v) is 1.20. The summed E-state index contributed by atoms with van der Waals surface area (Å²) in [4.78, 5) is 11.5. The second kappa shape index (κ2) is 5.34. The molecular weight excluding hydrogens is 188 g/mol. The van der Waals surface area contributed by atoms with E-state index in [0.29, 0.717) is 17.9 Å². The van der Waals surface area contributed by atoms with E-state index in [1.807, 2.05) is 13.8 Å². The van der Waals surface area contributed by atoms with Gasteiger partial charge in [0.1, 0.15) is 6.10 Å². The molecule has 88 valence electrons. The Morgan fingerprint density at radius 1 is 1.33 bits per heavy atom. The van der Waals surface area contributed by atoms with Crippen LogP contribution in [0.1, 0.15) is 48.0 Å². The Labute approximate surface area is 93.7 Å². The van der Waals surface area contributed by atoms with Crippen LogP contribution < -0.4 is 0 Å². The molecule has 0 N–H and O–H groups in total. The smallest absolute Gasteiger partial charge is 0.333 e. The first-order valence-electron chi connectivity index (χ1n) is 5.58. The summed E-state index contributed by atoms with van der Waals surface area (Å²) in [5.41, 5.74) is 0.690. The van der Waals surface area contributed by atoms with Crippen molar-refractivity contribution in [3.63, 3.8) is 0 Å². The van der Waals surface area contributed by atoms with Crippen LogP contribution in [0.25, 0.3) is 0 Å². The molecule has 2 nitrogen and oxygen atoms in total. The first-order valence-corrected chi connectivity index (χ1v) is 5.58. The predicted octanol–water partition coefficient (Wildman–Crippen LogP) is 3.57. The monoisotopic (exact) mass is 212 g/mol. The number of carbonyl (C=O) groups excluding carboxylic acids is 1. The third kappa shape index (κ3) is 4.50. The van der Waals surface area contributed by atoms with E-state index in [1.54, 1.807) is 0 Å². The minimum absolute atomic E-state index is 0.0687. The molecule has 0 rings (SSSR count). The standard InChI is InChI=1S/C13H24O2/c1-8-9(2)12(14)15-11(4)10(3)13(5,6)7/h10-11H,2,8H2,1,3-7H3. The van der Waals surface area contributed by atoms with Crippen molar-refractivity contribution in [3.05, 3.63) is 12.2 Å². The molecule has 0 aromatic carbocycles. The quantitative estimate of drug-likeness (QED) is 0.526. The minimum atomic E-state index is -0.263. The molecule has 2 atom stereocenters. The van der Waals surface area contributed by atoms with E-state index in [2.05, 4.69) is 34.3 Å². The van der Waals surface area contributed by atoms with Crippen molar-refractivity contribution in [2.75, 3.05) is 0 Å². The maximum absolute atomic E-state index is 11.5. The molecular formula is C13H24O2. The molecule has 0 bridgehead atoms. The summed E-state index contributed by atoms with van der Waals surface area (Å²) in [5.74, 6) is 0.0622. The molecule has 0 saturated carbocycles. The first-order chi connectivity index (χ1) is 6.70. The van der Waals surface area contributed by atoms with Gasteiger partial charge in [0.25, 0.3) is 0 Å². The van der Waals surface area contributed by atoms with E-state index in [0.717, 1.165) is 0 Å². The van der Waals surface area contributed by atoms with Crippen LogP contribution >= 0.6 is 0 Å². The van der Waals surface area contributed by atoms with Gasteiger partial charge < -0.3 is 4.74 Å². The van der Waals surface area contributed by atoms with Crippen molar-refractivity contribution in [2.45, 2.75) is 54.1 Å². The van der Waals surface area contributed by atoms with Crippen molar-refractivity contribution in [1.82, 2.24) is 0 Å². The summed E-state index contributed by atoms with van der Waals surface area (Å²) in [5, 5.41) is 0. The van der Waals surface area contributed by atoms with E-state index in [1.165, 1.54) is 0 Å². The highest BCUT2D eigenvalue weighted by Gasteiger charge is 2.28. The van der Waals surface area contributed by atoms with Crippen LogP contribution in [0.2, 0.25) is 0 Å². The summed E-state index contributed by atoms with van der Waals surface area (Å²) in [7, 11) is 0. The van der Waals surface area contributed by atoms with Gasteiger partial charge in [-0.1, -0.05) is 41.2 Å². The molecule has 0 aliphatic rings. The van der Waals surface area contributed by atoms with Crippen LogP contribution in [0.4, 0.5) is 0 Å². The molecule has 2 heteroatoms. The zero-order valence-corrected chi connectivity index (χ0v) is 10.9. The topological polar surface area (TPSA) is 26.3 Å². The fraction of sp³-hybridized carbons (Fsp3) is 0.769. The number of esters is 1. The Morgan fingerprint density at radius 2 is 1.80 bits per heavy atom. The molecule has 0 spiro atoms. The molecule has 0 heterocycles. The Hall–Kier alpha value is -0.790. The van der Waals surface area contributed by atoms with Gasteiger partial charge in [-0.25, -0.2) is 4.79 Å². The lowest BCUT2D eigenvalue weighted by molar-refractivity contribution is -0.147. The van der Waals surface area contributed by atoms with Crippen molar-refractivity contribution in [3.8, 4) is 0 Å². The van der Waals surface area contributed by atoms with Crippen LogP contribution in [0.15, 0.2) is 12.2 Å². The van der Waals surface area contributed by atoms with E-state index >= 15 is 0 Å². The maximum atomic E-state index is 11.5. The third-order valence-electron chi connectivity index (χ3n) is 3.08. The molecule has 0 fully saturated rings. The van der Waals surface area contributed by atoms with Crippen LogP contribution in [-0.2, 0) is 9.53 Å². The summed E-state index contributed by atoms with van der Waals surface area (Å²) in [6.45, 7) is 16.1. The fourth-order valence-electron chi connectivity index (χ4n) is 1.20. The van der Waals surface area contributed by atoms with Gasteiger partial charge >= 0.3 is 5.97 Å². The second-order valence-electron chi connectivity index (χ2n) is 5.22. The number of rotatable bonds is 4. The summed E-state index contributed by atoms with van der Waals surface area (Å²) >= 11 is 0. The molecule has 0 amide bonds. The normalized spacial score (nSPS) is 15.6. The van der Waals surface area contributed by atoms with Gasteiger partial charge in [-0.2, -0.15) is 0 Å². The van der Waals surface area contributed by atoms with Crippen molar-refractivity contribution in [1.29, 1.82) is 0 Å². The number of carbonyl (C=O) groups is 1. The predicted molar refractivity (Wildman–Crippen MR) is 63.6 cm³/mol. The Morgan fingerprint density at radius 3 is 2.13 bits per heavy atom. The van der Waals surface area contributed by atoms with Crippen LogP contribution in [0.3, 0.4) is 0 Å². The van der Waals surface area contributed by atoms with Crippen molar-refractivity contribution < 1.29 is 9.53 Å². The lowest BCUT2D eigenvalue weighted by Crippen LogP contribution is -2.31. The van der Waals surface area contributed by atoms with E-state index in [-0.39, 0.29) is 17.5 Å². The van der Waals surface area contributed by atoms with Gasteiger partial charge in [0, 0.05) is 5.57 Å². The number of hydrogen-bond donors (Lipinski definition) is 0. The van der Waals surface area contributed by atoms with Crippen LogP contribution in [-0.4, -0.2) is 12.1 Å². The zero-order valence-electron chi connectivity index (χ0n) is 10.9. The summed E-state index contributed by atoms with van der Waals surface area (Å²) < 4.78 is 5.35. The molecule has 0 aromatic rings. The molecule has 0 aliphatic heterocycles. The molecule has 0 saturated heterocycles. The van der Waals surface area contributed by atoms with Gasteiger partial charge in [0.15, 0.2) is 0 Å². The SMILES string of the molecule is C=C(CC)C(=O)OC(C)C(C)C(C)(C)C. The minimum Gasteiger partial charge on any atom is -0.459 e. The lowest BCUT2D eigenvalue weighted by atomic mass is 9.79. The first kappa shape index (κ1) is 14.2. The Balaban J connectivity index is 4.32. The molecule has 0 aromatic heterocycles. The zero-order chi connectivity index (χ0) is 12.2. The second-order valence-corrected chi connectivity index (χ2v) is 5.22. The van der Waals surface area contributed by atoms with Crippen LogP contribution in [0.5, 0.6) is 0 Å². The van der Waals surface area contributed by atoms with E-state index < -0.39 is 0 Å². The van der Waals surface area contributed by atoms with Gasteiger partial charge in [-0.05, 0) is 24.7 Å². The Bertz CT molecular complexity index is 235. The van der Waals surface area contributed by atoms with Crippen molar-refractivity contribution >= 4 is 5.97 Å². The van der Waals surface area contributed by atoms with E-state index in [4.69, 9.17) is 4.74 Å². The number of hydrogen-bond acceptors (Lipinski definition) is 2. The average molecular weight is 212 g/mol. The largest absolute Gasteiger partial charge is 0.459 e. The highest BCUT2D eigenvalue weighted by atomic mass is 16.5. The molecule has 15 heavy (non-hydrogen) atoms. The Kier molecular flexibility index (Phi) is 5.06. The highest BCUT2D eigenvalue weighted by Crippen LogP contribution is 2.29. The van der Waals surface area contributed by atoms with Gasteiger partial charge in [-0.15, -0.1) is 0 Å².